The zero-order valence-corrected chi connectivity index (χ0v) is 6.35. The van der Waals surface area contributed by atoms with Crippen molar-refractivity contribution in [2.45, 2.75) is 33.1 Å². The van der Waals surface area contributed by atoms with E-state index in [1.54, 1.807) is 0 Å². The largest absolute Gasteiger partial charge is 0.0891 e. The van der Waals surface area contributed by atoms with Crippen LogP contribution in [-0.2, 0) is 0 Å². The topological polar surface area (TPSA) is 0 Å². The number of rotatable bonds is 0. The number of hydrogen-bond acceptors (Lipinski definition) is 1. The van der Waals surface area contributed by atoms with Gasteiger partial charge in [0.25, 0.3) is 0 Å². The van der Waals surface area contributed by atoms with Crippen LogP contribution in [0, 0.1) is 5.41 Å². The monoisotopic (exact) mass is 128 g/mol. The van der Waals surface area contributed by atoms with Crippen LogP contribution in [0.1, 0.15) is 33.1 Å². The van der Waals surface area contributed by atoms with Crippen molar-refractivity contribution in [3.8, 4) is 0 Å². The summed E-state index contributed by atoms with van der Waals surface area (Å²) in [5.41, 5.74) is 0.384. The summed E-state index contributed by atoms with van der Waals surface area (Å²) in [6, 6.07) is 0. The molecule has 1 heteroatoms. The number of hydrogen-bond donors (Lipinski definition) is 0. The molecule has 46 valence electrons. The van der Waals surface area contributed by atoms with Gasteiger partial charge in [-0.15, -0.1) is 0 Å². The van der Waals surface area contributed by atoms with Gasteiger partial charge in [0.05, 0.1) is 0 Å². The Morgan fingerprint density at radius 3 is 2.25 bits per heavy atom. The summed E-state index contributed by atoms with van der Waals surface area (Å²) in [6.45, 7) is 4.48. The Kier molecular flexibility index (Phi) is 1.40. The first-order valence-corrected chi connectivity index (χ1v) is 3.57. The summed E-state index contributed by atoms with van der Waals surface area (Å²) in [5, 5.41) is 0. The van der Waals surface area contributed by atoms with Crippen molar-refractivity contribution in [3.63, 3.8) is 0 Å². The average Bonchev–Trinajstić information content (AvgIpc) is 1.86. The van der Waals surface area contributed by atoms with Crippen molar-refractivity contribution in [3.05, 3.63) is 0 Å². The highest BCUT2D eigenvalue weighted by Gasteiger charge is 2.27. The Balaban J connectivity index is 2.68. The molecule has 0 saturated heterocycles. The normalized spacial score (nSPS) is 26.5. The van der Waals surface area contributed by atoms with Crippen molar-refractivity contribution in [2.24, 2.45) is 5.41 Å². The Morgan fingerprint density at radius 2 is 2.12 bits per heavy atom. The van der Waals surface area contributed by atoms with Crippen molar-refractivity contribution >= 4 is 17.1 Å². The van der Waals surface area contributed by atoms with Crippen LogP contribution in [0.15, 0.2) is 0 Å². The molecular weight excluding hydrogens is 116 g/mol. The minimum atomic E-state index is 0.384. The van der Waals surface area contributed by atoms with Gasteiger partial charge in [-0.3, -0.25) is 0 Å². The smallest absolute Gasteiger partial charge is 0.00153 e. The van der Waals surface area contributed by atoms with Gasteiger partial charge in [-0.2, -0.15) is 0 Å². The quantitative estimate of drug-likeness (QED) is 0.452. The molecule has 1 aliphatic carbocycles. The highest BCUT2D eigenvalue weighted by Crippen LogP contribution is 2.34. The fourth-order valence-electron chi connectivity index (χ4n) is 1.17. The highest BCUT2D eigenvalue weighted by atomic mass is 32.1. The molecule has 1 saturated carbocycles. The molecule has 0 atom stereocenters. The van der Waals surface area contributed by atoms with Crippen LogP contribution in [0.25, 0.3) is 0 Å². The van der Waals surface area contributed by atoms with E-state index in [1.165, 1.54) is 24.1 Å². The van der Waals surface area contributed by atoms with Crippen molar-refractivity contribution in [1.82, 2.24) is 0 Å². The zero-order chi connectivity index (χ0) is 6.20. The molecule has 0 unspecified atom stereocenters. The predicted octanol–water partition coefficient (Wildman–Crippen LogP) is 2.57. The average molecular weight is 128 g/mol. The zero-order valence-electron chi connectivity index (χ0n) is 5.53. The first-order valence-electron chi connectivity index (χ1n) is 3.16. The first-order chi connectivity index (χ1) is 3.63. The van der Waals surface area contributed by atoms with Crippen LogP contribution >= 0.6 is 12.2 Å². The van der Waals surface area contributed by atoms with E-state index in [2.05, 4.69) is 13.8 Å². The predicted molar refractivity (Wildman–Crippen MR) is 40.2 cm³/mol. The minimum absolute atomic E-state index is 0.384. The summed E-state index contributed by atoms with van der Waals surface area (Å²) >= 11 is 5.16. The van der Waals surface area contributed by atoms with E-state index in [4.69, 9.17) is 12.2 Å². The first kappa shape index (κ1) is 6.21. The lowest BCUT2D eigenvalue weighted by Gasteiger charge is -2.15. The third-order valence-corrected chi connectivity index (χ3v) is 2.72. The molecule has 0 amide bonds. The number of thiocarbonyl (C=S) groups is 1. The van der Waals surface area contributed by atoms with Crippen LogP contribution in [0.4, 0.5) is 0 Å². The fraction of sp³-hybridized carbons (Fsp3) is 0.857. The molecule has 0 nitrogen and oxygen atoms in total. The summed E-state index contributed by atoms with van der Waals surface area (Å²) in [5.74, 6) is 0. The van der Waals surface area contributed by atoms with Gasteiger partial charge in [0.1, 0.15) is 0 Å². The van der Waals surface area contributed by atoms with Crippen LogP contribution in [-0.4, -0.2) is 4.86 Å². The summed E-state index contributed by atoms with van der Waals surface area (Å²) < 4.78 is 0. The second-order valence-electron chi connectivity index (χ2n) is 3.16. The molecule has 0 bridgehead atoms. The lowest BCUT2D eigenvalue weighted by Crippen LogP contribution is -2.13. The lowest BCUT2D eigenvalue weighted by atomic mass is 9.92. The molecule has 0 aliphatic heterocycles. The summed E-state index contributed by atoms with van der Waals surface area (Å²) in [4.78, 5) is 1.28. The van der Waals surface area contributed by atoms with Gasteiger partial charge in [0, 0.05) is 0 Å². The van der Waals surface area contributed by atoms with Crippen LogP contribution in [0.2, 0.25) is 0 Å². The van der Waals surface area contributed by atoms with Gasteiger partial charge in [-0.05, 0) is 29.5 Å². The van der Waals surface area contributed by atoms with Gasteiger partial charge in [-0.25, -0.2) is 0 Å². The highest BCUT2D eigenvalue weighted by molar-refractivity contribution is 7.80. The molecule has 0 aromatic heterocycles. The molecule has 0 aromatic carbocycles. The van der Waals surface area contributed by atoms with E-state index in [-0.39, 0.29) is 0 Å². The molecule has 0 radical (unpaired) electrons. The Labute approximate surface area is 56.3 Å². The summed E-state index contributed by atoms with van der Waals surface area (Å²) in [7, 11) is 0. The minimum Gasteiger partial charge on any atom is -0.0891 e. The second-order valence-corrected chi connectivity index (χ2v) is 3.65. The third-order valence-electron chi connectivity index (χ3n) is 1.96. The molecular formula is C7H12S. The van der Waals surface area contributed by atoms with E-state index in [1.807, 2.05) is 0 Å². The maximum absolute atomic E-state index is 5.16. The Hall–Kier alpha value is 0.0900. The van der Waals surface area contributed by atoms with Crippen molar-refractivity contribution < 1.29 is 0 Å². The Bertz CT molecular complexity index is 114. The fourth-order valence-corrected chi connectivity index (χ4v) is 1.42. The van der Waals surface area contributed by atoms with E-state index in [9.17, 15) is 0 Å². The lowest BCUT2D eigenvalue weighted by molar-refractivity contribution is 0.516. The molecule has 0 aromatic rings. The third kappa shape index (κ3) is 0.921. The van der Waals surface area contributed by atoms with Crippen LogP contribution < -0.4 is 0 Å². The van der Waals surface area contributed by atoms with Gasteiger partial charge in [-0.1, -0.05) is 26.1 Å². The molecule has 0 spiro atoms. The molecule has 1 aliphatic rings. The van der Waals surface area contributed by atoms with Crippen molar-refractivity contribution in [2.75, 3.05) is 0 Å². The molecule has 8 heavy (non-hydrogen) atoms. The molecule has 1 rings (SSSR count). The van der Waals surface area contributed by atoms with E-state index >= 15 is 0 Å². The summed E-state index contributed by atoms with van der Waals surface area (Å²) in [6.07, 6.45) is 3.79. The SMILES string of the molecule is CC1(C)CCCC1=S. The van der Waals surface area contributed by atoms with Crippen LogP contribution in [0.3, 0.4) is 0 Å². The van der Waals surface area contributed by atoms with E-state index in [0.717, 1.165) is 0 Å². The van der Waals surface area contributed by atoms with E-state index < -0.39 is 0 Å². The Morgan fingerprint density at radius 1 is 1.50 bits per heavy atom. The van der Waals surface area contributed by atoms with Gasteiger partial charge in [0.2, 0.25) is 0 Å². The maximum Gasteiger partial charge on any atom is -0.00153 e. The maximum atomic E-state index is 5.16. The molecule has 0 heterocycles. The van der Waals surface area contributed by atoms with E-state index in [0.29, 0.717) is 5.41 Å². The van der Waals surface area contributed by atoms with Crippen molar-refractivity contribution in [1.29, 1.82) is 0 Å². The van der Waals surface area contributed by atoms with Gasteiger partial charge >= 0.3 is 0 Å². The van der Waals surface area contributed by atoms with Crippen LogP contribution in [0.5, 0.6) is 0 Å². The molecule has 0 N–H and O–H groups in total. The molecule has 1 fully saturated rings. The van der Waals surface area contributed by atoms with Gasteiger partial charge in [0.15, 0.2) is 0 Å². The second kappa shape index (κ2) is 1.80. The standard InChI is InChI=1S/C7H12S/c1-7(2)5-3-4-6(7)8/h3-5H2,1-2H3. The van der Waals surface area contributed by atoms with Gasteiger partial charge < -0.3 is 0 Å².